The molecule has 0 amide bonds. The molecule has 3 rings (SSSR count). The minimum absolute atomic E-state index is 0.271. The Morgan fingerprint density at radius 3 is 2.76 bits per heavy atom. The maximum atomic E-state index is 9.47. The second-order valence-corrected chi connectivity index (χ2v) is 5.23. The van der Waals surface area contributed by atoms with Gasteiger partial charge in [-0.05, 0) is 25.5 Å². The van der Waals surface area contributed by atoms with E-state index in [-0.39, 0.29) is 5.88 Å². The predicted molar refractivity (Wildman–Crippen MR) is 81.6 cm³/mol. The van der Waals surface area contributed by atoms with E-state index >= 15 is 0 Å². The van der Waals surface area contributed by atoms with Crippen LogP contribution >= 0.6 is 11.6 Å². The van der Waals surface area contributed by atoms with Crippen LogP contribution in [0.1, 0.15) is 22.6 Å². The van der Waals surface area contributed by atoms with Gasteiger partial charge in [0, 0.05) is 7.05 Å². The molecule has 0 fully saturated rings. The van der Waals surface area contributed by atoms with E-state index in [1.807, 2.05) is 43.7 Å². The van der Waals surface area contributed by atoms with Crippen LogP contribution in [0.25, 0.3) is 16.9 Å². The van der Waals surface area contributed by atoms with Gasteiger partial charge in [0.1, 0.15) is 17.4 Å². The van der Waals surface area contributed by atoms with Gasteiger partial charge in [-0.25, -0.2) is 9.67 Å². The van der Waals surface area contributed by atoms with Gasteiger partial charge in [0.2, 0.25) is 0 Å². The molecule has 0 aliphatic rings. The topological polar surface area (TPSA) is 59.4 Å². The minimum atomic E-state index is 0.271. The lowest BCUT2D eigenvalue weighted by Crippen LogP contribution is -2.06. The molecule has 1 aromatic carbocycles. The van der Waals surface area contributed by atoms with Crippen molar-refractivity contribution in [3.05, 3.63) is 40.8 Å². The van der Waals surface area contributed by atoms with E-state index in [0.717, 1.165) is 28.1 Å². The van der Waals surface area contributed by atoms with Crippen molar-refractivity contribution < 1.29 is 0 Å². The molecule has 0 radical (unpaired) electrons. The van der Waals surface area contributed by atoms with Gasteiger partial charge >= 0.3 is 0 Å². The zero-order valence-corrected chi connectivity index (χ0v) is 12.8. The fourth-order valence-electron chi connectivity index (χ4n) is 2.64. The molecule has 106 valence electrons. The fourth-order valence-corrected chi connectivity index (χ4v) is 2.82. The molecule has 2 heterocycles. The average Bonchev–Trinajstić information content (AvgIpc) is 2.97. The van der Waals surface area contributed by atoms with Crippen molar-refractivity contribution in [2.75, 3.05) is 0 Å². The van der Waals surface area contributed by atoms with Crippen LogP contribution in [-0.2, 0) is 12.9 Å². The number of imidazole rings is 1. The number of hydrogen-bond donors (Lipinski definition) is 0. The number of aryl methyl sites for hydroxylation is 3. The highest BCUT2D eigenvalue weighted by atomic mass is 35.5. The highest BCUT2D eigenvalue weighted by Crippen LogP contribution is 2.27. The van der Waals surface area contributed by atoms with Crippen molar-refractivity contribution in [3.63, 3.8) is 0 Å². The third-order valence-electron chi connectivity index (χ3n) is 3.59. The Hall–Kier alpha value is -2.32. The molecular weight excluding hydrogens is 286 g/mol. The monoisotopic (exact) mass is 299 g/mol. The lowest BCUT2D eigenvalue weighted by Gasteiger charge is -2.11. The van der Waals surface area contributed by atoms with Gasteiger partial charge in [0.15, 0.2) is 5.65 Å². The highest BCUT2D eigenvalue weighted by molar-refractivity contribution is 6.17. The predicted octanol–water partition coefficient (Wildman–Crippen LogP) is 2.99. The molecule has 0 aliphatic heterocycles. The Balaban J connectivity index is 2.45. The lowest BCUT2D eigenvalue weighted by atomic mass is 10.1. The van der Waals surface area contributed by atoms with Crippen LogP contribution in [0.3, 0.4) is 0 Å². The number of rotatable bonds is 2. The zero-order valence-electron chi connectivity index (χ0n) is 12.1. The normalized spacial score (nSPS) is 11.0. The summed E-state index contributed by atoms with van der Waals surface area (Å²) in [5, 5.41) is 13.9. The first kappa shape index (κ1) is 13.7. The molecule has 5 nitrogen and oxygen atoms in total. The fraction of sp³-hybridized carbons (Fsp3) is 0.267. The van der Waals surface area contributed by atoms with Crippen LogP contribution in [0.5, 0.6) is 0 Å². The number of alkyl halides is 1. The van der Waals surface area contributed by atoms with Crippen molar-refractivity contribution in [1.29, 1.82) is 5.26 Å². The van der Waals surface area contributed by atoms with E-state index in [2.05, 4.69) is 16.2 Å². The first-order valence-corrected chi connectivity index (χ1v) is 7.09. The number of fused-ring (bicyclic) bond motifs is 1. The number of nitrogens with zero attached hydrogens (tertiary/aromatic N) is 5. The Morgan fingerprint density at radius 1 is 1.33 bits per heavy atom. The van der Waals surface area contributed by atoms with Crippen LogP contribution in [0.15, 0.2) is 18.2 Å². The molecule has 6 heteroatoms. The molecule has 0 saturated carbocycles. The summed E-state index contributed by atoms with van der Waals surface area (Å²) < 4.78 is 3.70. The number of benzene rings is 1. The van der Waals surface area contributed by atoms with Gasteiger partial charge in [-0.15, -0.1) is 11.6 Å². The Morgan fingerprint density at radius 2 is 2.10 bits per heavy atom. The number of aromatic nitrogens is 4. The summed E-state index contributed by atoms with van der Waals surface area (Å²) in [5.41, 5.74) is 4.87. The molecule has 0 unspecified atom stereocenters. The Bertz CT molecular complexity index is 882. The third kappa shape index (κ3) is 1.91. The molecule has 2 aromatic heterocycles. The number of halogens is 1. The summed E-state index contributed by atoms with van der Waals surface area (Å²) in [7, 11) is 1.87. The minimum Gasteiger partial charge on any atom is -0.279 e. The highest BCUT2D eigenvalue weighted by Gasteiger charge is 2.20. The van der Waals surface area contributed by atoms with Gasteiger partial charge < -0.3 is 0 Å². The summed E-state index contributed by atoms with van der Waals surface area (Å²) in [4.78, 5) is 4.57. The van der Waals surface area contributed by atoms with Crippen LogP contribution in [0.4, 0.5) is 0 Å². The van der Waals surface area contributed by atoms with Crippen molar-refractivity contribution in [1.82, 2.24) is 19.3 Å². The van der Waals surface area contributed by atoms with E-state index in [0.29, 0.717) is 11.4 Å². The first-order chi connectivity index (χ1) is 10.1. The molecule has 0 spiro atoms. The van der Waals surface area contributed by atoms with Crippen LogP contribution in [0, 0.1) is 25.2 Å². The quantitative estimate of drug-likeness (QED) is 0.684. The van der Waals surface area contributed by atoms with Gasteiger partial charge in [-0.2, -0.15) is 10.4 Å². The first-order valence-electron chi connectivity index (χ1n) is 6.55. The number of hydrogen-bond acceptors (Lipinski definition) is 3. The summed E-state index contributed by atoms with van der Waals surface area (Å²) in [6.45, 7) is 3.84. The van der Waals surface area contributed by atoms with E-state index in [9.17, 15) is 5.26 Å². The van der Waals surface area contributed by atoms with E-state index < -0.39 is 0 Å². The van der Waals surface area contributed by atoms with Gasteiger partial charge in [0.25, 0.3) is 0 Å². The summed E-state index contributed by atoms with van der Waals surface area (Å²) in [5.74, 6) is 0.984. The average molecular weight is 300 g/mol. The van der Waals surface area contributed by atoms with Crippen LogP contribution < -0.4 is 0 Å². The summed E-state index contributed by atoms with van der Waals surface area (Å²) >= 11 is 6.05. The van der Waals surface area contributed by atoms with Crippen LogP contribution in [0.2, 0.25) is 0 Å². The molecule has 0 atom stereocenters. The third-order valence-corrected chi connectivity index (χ3v) is 3.83. The van der Waals surface area contributed by atoms with Gasteiger partial charge in [0.05, 0.1) is 22.8 Å². The van der Waals surface area contributed by atoms with Crippen molar-refractivity contribution in [2.45, 2.75) is 19.7 Å². The lowest BCUT2D eigenvalue weighted by molar-refractivity contribution is 0.754. The van der Waals surface area contributed by atoms with Crippen molar-refractivity contribution in [3.8, 4) is 11.8 Å². The summed E-state index contributed by atoms with van der Waals surface area (Å²) in [6.07, 6.45) is 0. The second kappa shape index (κ2) is 4.90. The largest absolute Gasteiger partial charge is 0.279 e. The zero-order chi connectivity index (χ0) is 15.1. The second-order valence-electron chi connectivity index (χ2n) is 4.96. The maximum absolute atomic E-state index is 9.47. The van der Waals surface area contributed by atoms with Gasteiger partial charge in [-0.3, -0.25) is 4.57 Å². The molecule has 21 heavy (non-hydrogen) atoms. The SMILES string of the molecule is Cc1cccc(-n2c(CCl)nc3c(C)nn(C)c32)c1C#N. The molecule has 0 aliphatic carbocycles. The van der Waals surface area contributed by atoms with Crippen LogP contribution in [-0.4, -0.2) is 19.3 Å². The number of nitriles is 1. The summed E-state index contributed by atoms with van der Waals surface area (Å²) in [6, 6.07) is 8.03. The maximum Gasteiger partial charge on any atom is 0.163 e. The smallest absolute Gasteiger partial charge is 0.163 e. The van der Waals surface area contributed by atoms with Crippen molar-refractivity contribution in [2.24, 2.45) is 7.05 Å². The molecule has 0 bridgehead atoms. The van der Waals surface area contributed by atoms with Gasteiger partial charge in [-0.1, -0.05) is 12.1 Å². The molecule has 0 saturated heterocycles. The van der Waals surface area contributed by atoms with E-state index in [4.69, 9.17) is 11.6 Å². The Labute approximate surface area is 127 Å². The van der Waals surface area contributed by atoms with Crippen molar-refractivity contribution >= 4 is 22.8 Å². The Kier molecular flexibility index (Phi) is 3.19. The van der Waals surface area contributed by atoms with E-state index in [1.54, 1.807) is 4.68 Å². The molecular formula is C15H14ClN5. The molecule has 3 aromatic rings. The standard InChI is InChI=1S/C15H14ClN5/c1-9-5-4-6-12(11(9)8-17)21-13(7-16)18-14-10(2)19-20(3)15(14)21/h4-6H,7H2,1-3H3. The molecule has 0 N–H and O–H groups in total. The van der Waals surface area contributed by atoms with E-state index in [1.165, 1.54) is 0 Å².